The molecule has 2 N–H and O–H groups in total. The molecule has 4 aromatic rings. The van der Waals surface area contributed by atoms with E-state index in [0.29, 0.717) is 27.7 Å². The second-order valence-electron chi connectivity index (χ2n) is 8.40. The van der Waals surface area contributed by atoms with Gasteiger partial charge in [0.2, 0.25) is 0 Å². The molecule has 1 aliphatic heterocycles. The molecule has 0 saturated carbocycles. The van der Waals surface area contributed by atoms with Crippen LogP contribution in [0.1, 0.15) is 23.0 Å². The summed E-state index contributed by atoms with van der Waals surface area (Å²) >= 11 is 0. The highest BCUT2D eigenvalue weighted by Gasteiger charge is 2.50. The number of amides is 4. The van der Waals surface area contributed by atoms with Crippen LogP contribution < -0.4 is 15.5 Å². The van der Waals surface area contributed by atoms with Crippen molar-refractivity contribution in [1.29, 1.82) is 0 Å². The number of urea groups is 1. The van der Waals surface area contributed by atoms with Crippen LogP contribution in [0, 0.1) is 0 Å². The molecule has 9 nitrogen and oxygen atoms in total. The Labute approximate surface area is 207 Å². The third kappa shape index (κ3) is 3.96. The van der Waals surface area contributed by atoms with Crippen LogP contribution in [-0.2, 0) is 10.3 Å². The SMILES string of the molecule is COc1cccc(C2(C)NC(=O)N(NC(=O)c3cc(-c4ccccc4)nn3-c3ccccc3)C2=O)c1. The van der Waals surface area contributed by atoms with E-state index in [9.17, 15) is 14.4 Å². The van der Waals surface area contributed by atoms with Gasteiger partial charge < -0.3 is 10.1 Å². The molecule has 1 aromatic heterocycles. The first-order valence-electron chi connectivity index (χ1n) is 11.2. The zero-order chi connectivity index (χ0) is 25.3. The Morgan fingerprint density at radius 1 is 0.944 bits per heavy atom. The number of methoxy groups -OCH3 is 1. The minimum absolute atomic E-state index is 0.163. The lowest BCUT2D eigenvalue weighted by Gasteiger charge is -2.22. The Morgan fingerprint density at radius 3 is 2.33 bits per heavy atom. The van der Waals surface area contributed by atoms with E-state index in [1.165, 1.54) is 11.8 Å². The molecule has 2 heterocycles. The summed E-state index contributed by atoms with van der Waals surface area (Å²) in [5, 5.41) is 7.99. The van der Waals surface area contributed by atoms with E-state index in [-0.39, 0.29) is 5.69 Å². The van der Waals surface area contributed by atoms with E-state index in [1.54, 1.807) is 37.3 Å². The predicted molar refractivity (Wildman–Crippen MR) is 132 cm³/mol. The average molecular weight is 482 g/mol. The van der Waals surface area contributed by atoms with Gasteiger partial charge in [-0.3, -0.25) is 15.0 Å². The number of carbonyl (C=O) groups is 3. The number of imide groups is 1. The van der Waals surface area contributed by atoms with E-state index in [4.69, 9.17) is 4.74 Å². The summed E-state index contributed by atoms with van der Waals surface area (Å²) < 4.78 is 6.73. The number of ether oxygens (including phenoxy) is 1. The number of benzene rings is 3. The highest BCUT2D eigenvalue weighted by atomic mass is 16.5. The molecule has 1 saturated heterocycles. The van der Waals surface area contributed by atoms with Crippen molar-refractivity contribution < 1.29 is 19.1 Å². The van der Waals surface area contributed by atoms with Crippen LogP contribution in [0.4, 0.5) is 4.79 Å². The van der Waals surface area contributed by atoms with E-state index in [2.05, 4.69) is 15.8 Å². The molecule has 1 aliphatic rings. The van der Waals surface area contributed by atoms with Crippen LogP contribution in [0.5, 0.6) is 5.75 Å². The van der Waals surface area contributed by atoms with E-state index >= 15 is 0 Å². The van der Waals surface area contributed by atoms with Crippen LogP contribution in [0.2, 0.25) is 0 Å². The fraction of sp³-hybridized carbons (Fsp3) is 0.111. The van der Waals surface area contributed by atoms with Gasteiger partial charge in [-0.25, -0.2) is 9.48 Å². The molecule has 5 rings (SSSR count). The monoisotopic (exact) mass is 481 g/mol. The number of hydrogen-bond acceptors (Lipinski definition) is 5. The zero-order valence-electron chi connectivity index (χ0n) is 19.6. The predicted octanol–water partition coefficient (Wildman–Crippen LogP) is 3.66. The first-order valence-corrected chi connectivity index (χ1v) is 11.2. The quantitative estimate of drug-likeness (QED) is 0.409. The number of nitrogens with one attached hydrogen (secondary N) is 2. The van der Waals surface area contributed by atoms with Gasteiger partial charge in [-0.15, -0.1) is 0 Å². The standard InChI is InChI=1S/C27H23N5O4/c1-27(19-12-9-15-21(16-19)36-2)25(34)32(26(35)28-27)30-24(33)23-17-22(18-10-5-3-6-11-18)29-31(23)20-13-7-4-8-14-20/h3-17H,1-2H3,(H,28,35)(H,30,33). The number of nitrogens with zero attached hydrogens (tertiary/aromatic N) is 3. The second kappa shape index (κ2) is 9.03. The number of hydrazine groups is 1. The lowest BCUT2D eigenvalue weighted by molar-refractivity contribution is -0.132. The fourth-order valence-electron chi connectivity index (χ4n) is 4.09. The topological polar surface area (TPSA) is 106 Å². The highest BCUT2D eigenvalue weighted by molar-refractivity contribution is 6.09. The Morgan fingerprint density at radius 2 is 1.64 bits per heavy atom. The molecule has 1 fully saturated rings. The molecule has 3 aromatic carbocycles. The maximum Gasteiger partial charge on any atom is 0.344 e. The molecule has 1 unspecified atom stereocenters. The Kier molecular flexibility index (Phi) is 5.73. The fourth-order valence-corrected chi connectivity index (χ4v) is 4.09. The third-order valence-corrected chi connectivity index (χ3v) is 6.06. The van der Waals surface area contributed by atoms with Gasteiger partial charge in [-0.05, 0) is 42.8 Å². The zero-order valence-corrected chi connectivity index (χ0v) is 19.6. The Hall–Kier alpha value is -4.92. The summed E-state index contributed by atoms with van der Waals surface area (Å²) in [4.78, 5) is 39.6. The first-order chi connectivity index (χ1) is 17.4. The van der Waals surface area contributed by atoms with Gasteiger partial charge >= 0.3 is 6.03 Å². The smallest absolute Gasteiger partial charge is 0.344 e. The number of rotatable bonds is 6. The van der Waals surface area contributed by atoms with Gasteiger partial charge in [0.05, 0.1) is 18.5 Å². The van der Waals surface area contributed by atoms with Gasteiger partial charge in [0.15, 0.2) is 0 Å². The van der Waals surface area contributed by atoms with Crippen LogP contribution >= 0.6 is 0 Å². The van der Waals surface area contributed by atoms with Crippen molar-refractivity contribution >= 4 is 17.8 Å². The number of para-hydroxylation sites is 1. The Bertz CT molecular complexity index is 1450. The molecule has 0 spiro atoms. The molecular formula is C27H23N5O4. The highest BCUT2D eigenvalue weighted by Crippen LogP contribution is 2.30. The van der Waals surface area contributed by atoms with Crippen LogP contribution in [-0.4, -0.2) is 39.7 Å². The van der Waals surface area contributed by atoms with Crippen LogP contribution in [0.15, 0.2) is 91.0 Å². The molecule has 4 amide bonds. The molecule has 36 heavy (non-hydrogen) atoms. The van der Waals surface area contributed by atoms with Crippen LogP contribution in [0.3, 0.4) is 0 Å². The summed E-state index contributed by atoms with van der Waals surface area (Å²) in [6.45, 7) is 1.58. The van der Waals surface area contributed by atoms with Crippen molar-refractivity contribution in [3.05, 3.63) is 102 Å². The second-order valence-corrected chi connectivity index (χ2v) is 8.40. The average Bonchev–Trinajstić information content (AvgIpc) is 3.46. The van der Waals surface area contributed by atoms with Crippen molar-refractivity contribution in [3.63, 3.8) is 0 Å². The van der Waals surface area contributed by atoms with Gasteiger partial charge in [-0.1, -0.05) is 60.7 Å². The van der Waals surface area contributed by atoms with Gasteiger partial charge in [0.1, 0.15) is 17.0 Å². The van der Waals surface area contributed by atoms with Crippen molar-refractivity contribution in [2.75, 3.05) is 7.11 Å². The number of carbonyl (C=O) groups excluding carboxylic acids is 3. The molecular weight excluding hydrogens is 458 g/mol. The minimum atomic E-state index is -1.38. The normalized spacial score (nSPS) is 17.1. The molecule has 0 bridgehead atoms. The molecule has 1 atom stereocenters. The van der Waals surface area contributed by atoms with Crippen molar-refractivity contribution in [2.45, 2.75) is 12.5 Å². The van der Waals surface area contributed by atoms with Crippen molar-refractivity contribution in [2.24, 2.45) is 0 Å². The first kappa shape index (κ1) is 22.9. The summed E-state index contributed by atoms with van der Waals surface area (Å²) in [6.07, 6.45) is 0. The lowest BCUT2D eigenvalue weighted by atomic mass is 9.92. The number of hydrogen-bond donors (Lipinski definition) is 2. The van der Waals surface area contributed by atoms with Gasteiger partial charge in [0, 0.05) is 5.56 Å². The third-order valence-electron chi connectivity index (χ3n) is 6.06. The molecule has 0 radical (unpaired) electrons. The maximum absolute atomic E-state index is 13.4. The van der Waals surface area contributed by atoms with Crippen molar-refractivity contribution in [3.8, 4) is 22.7 Å². The summed E-state index contributed by atoms with van der Waals surface area (Å²) in [6, 6.07) is 26.3. The van der Waals surface area contributed by atoms with E-state index < -0.39 is 23.4 Å². The minimum Gasteiger partial charge on any atom is -0.497 e. The van der Waals surface area contributed by atoms with Gasteiger partial charge in [0.25, 0.3) is 11.8 Å². The molecule has 0 aliphatic carbocycles. The largest absolute Gasteiger partial charge is 0.497 e. The summed E-state index contributed by atoms with van der Waals surface area (Å²) in [5.74, 6) is -0.742. The van der Waals surface area contributed by atoms with Crippen LogP contribution in [0.25, 0.3) is 16.9 Å². The number of aromatic nitrogens is 2. The lowest BCUT2D eigenvalue weighted by Crippen LogP contribution is -2.48. The summed E-state index contributed by atoms with van der Waals surface area (Å²) in [5.41, 5.74) is 3.82. The summed E-state index contributed by atoms with van der Waals surface area (Å²) in [7, 11) is 1.52. The molecule has 9 heteroatoms. The molecule has 180 valence electrons. The maximum atomic E-state index is 13.4. The van der Waals surface area contributed by atoms with Gasteiger partial charge in [-0.2, -0.15) is 10.1 Å². The Balaban J connectivity index is 1.47. The van der Waals surface area contributed by atoms with E-state index in [0.717, 1.165) is 5.56 Å². The van der Waals surface area contributed by atoms with Crippen molar-refractivity contribution in [1.82, 2.24) is 25.5 Å². The van der Waals surface area contributed by atoms with E-state index in [1.807, 2.05) is 60.7 Å².